The molecule has 0 bridgehead atoms. The Morgan fingerprint density at radius 2 is 2.26 bits per heavy atom. The van der Waals surface area contributed by atoms with Crippen LogP contribution < -0.4 is 0 Å². The highest BCUT2D eigenvalue weighted by Gasteiger charge is 2.17. The van der Waals surface area contributed by atoms with Crippen molar-refractivity contribution in [2.45, 2.75) is 32.3 Å². The standard InChI is InChI=1S/C16H23NO2/c1-13-6-5-7-14(10-13)16(18)12-17(2)11-15-8-3-4-9-19-15/h5-7,10,15H,3-4,8-9,11-12H2,1-2H3. The Balaban J connectivity index is 1.84. The molecule has 1 atom stereocenters. The normalized spacial score (nSPS) is 19.6. The van der Waals surface area contributed by atoms with Gasteiger partial charge in [0.2, 0.25) is 0 Å². The number of hydrogen-bond acceptors (Lipinski definition) is 3. The van der Waals surface area contributed by atoms with Gasteiger partial charge in [0.1, 0.15) is 0 Å². The molecule has 1 aliphatic rings. The lowest BCUT2D eigenvalue weighted by atomic mass is 10.1. The van der Waals surface area contributed by atoms with Crippen molar-refractivity contribution in [2.24, 2.45) is 0 Å². The Morgan fingerprint density at radius 1 is 1.42 bits per heavy atom. The van der Waals surface area contributed by atoms with Gasteiger partial charge in [-0.05, 0) is 39.3 Å². The monoisotopic (exact) mass is 261 g/mol. The van der Waals surface area contributed by atoms with Crippen molar-refractivity contribution in [3.8, 4) is 0 Å². The summed E-state index contributed by atoms with van der Waals surface area (Å²) < 4.78 is 5.70. The summed E-state index contributed by atoms with van der Waals surface area (Å²) in [7, 11) is 1.99. The second-order valence-corrected chi connectivity index (χ2v) is 5.48. The summed E-state index contributed by atoms with van der Waals surface area (Å²) in [6.07, 6.45) is 3.82. The molecular weight excluding hydrogens is 238 g/mol. The number of rotatable bonds is 5. The zero-order chi connectivity index (χ0) is 13.7. The quantitative estimate of drug-likeness (QED) is 0.763. The molecule has 1 aromatic rings. The number of benzene rings is 1. The number of nitrogens with zero attached hydrogens (tertiary/aromatic N) is 1. The number of Topliss-reactive ketones (excluding diaryl/α,β-unsaturated/α-hetero) is 1. The van der Waals surface area contributed by atoms with Gasteiger partial charge in [0, 0.05) is 18.7 Å². The second kappa shape index (κ2) is 6.83. The molecule has 0 radical (unpaired) electrons. The summed E-state index contributed by atoms with van der Waals surface area (Å²) in [6.45, 7) is 4.18. The van der Waals surface area contributed by atoms with Crippen molar-refractivity contribution in [3.63, 3.8) is 0 Å². The Kier molecular flexibility index (Phi) is 5.11. The molecule has 104 valence electrons. The van der Waals surface area contributed by atoms with E-state index in [1.165, 1.54) is 12.8 Å². The number of hydrogen-bond donors (Lipinski definition) is 0. The molecule has 1 fully saturated rings. The topological polar surface area (TPSA) is 29.5 Å². The third-order valence-electron chi connectivity index (χ3n) is 3.54. The molecule has 2 rings (SSSR count). The van der Waals surface area contributed by atoms with Crippen LogP contribution in [-0.2, 0) is 4.74 Å². The Labute approximate surface area is 115 Å². The lowest BCUT2D eigenvalue weighted by Gasteiger charge is -2.27. The number of carbonyl (C=O) groups excluding carboxylic acids is 1. The molecular formula is C16H23NO2. The fourth-order valence-corrected chi connectivity index (χ4v) is 2.52. The average Bonchev–Trinajstić information content (AvgIpc) is 2.39. The van der Waals surface area contributed by atoms with Crippen LogP contribution in [-0.4, -0.2) is 43.5 Å². The molecule has 3 nitrogen and oxygen atoms in total. The van der Waals surface area contributed by atoms with Gasteiger partial charge in [0.25, 0.3) is 0 Å². The molecule has 1 unspecified atom stereocenters. The highest BCUT2D eigenvalue weighted by molar-refractivity contribution is 5.97. The molecule has 3 heteroatoms. The zero-order valence-corrected chi connectivity index (χ0v) is 11.9. The first-order chi connectivity index (χ1) is 9.15. The van der Waals surface area contributed by atoms with Crippen LogP contribution in [0.1, 0.15) is 35.2 Å². The largest absolute Gasteiger partial charge is 0.377 e. The van der Waals surface area contributed by atoms with Crippen LogP contribution in [0.3, 0.4) is 0 Å². The van der Waals surface area contributed by atoms with Gasteiger partial charge in [-0.1, -0.05) is 23.8 Å². The minimum atomic E-state index is 0.182. The smallest absolute Gasteiger partial charge is 0.176 e. The van der Waals surface area contributed by atoms with E-state index in [4.69, 9.17) is 4.74 Å². The predicted molar refractivity (Wildman–Crippen MR) is 76.6 cm³/mol. The maximum atomic E-state index is 12.2. The first-order valence-corrected chi connectivity index (χ1v) is 7.05. The average molecular weight is 261 g/mol. The number of ether oxygens (including phenoxy) is 1. The van der Waals surface area contributed by atoms with Gasteiger partial charge in [0.15, 0.2) is 5.78 Å². The molecule has 0 saturated carbocycles. The summed E-state index contributed by atoms with van der Waals surface area (Å²) >= 11 is 0. The van der Waals surface area contributed by atoms with Crippen LogP contribution in [0.15, 0.2) is 24.3 Å². The van der Waals surface area contributed by atoms with Crippen LogP contribution in [0.25, 0.3) is 0 Å². The summed E-state index contributed by atoms with van der Waals surface area (Å²) in [5.41, 5.74) is 1.93. The number of ketones is 1. The van der Waals surface area contributed by atoms with E-state index < -0.39 is 0 Å². The summed E-state index contributed by atoms with van der Waals surface area (Å²) in [6, 6.07) is 7.79. The highest BCUT2D eigenvalue weighted by Crippen LogP contribution is 2.13. The van der Waals surface area contributed by atoms with Crippen molar-refractivity contribution < 1.29 is 9.53 Å². The lowest BCUT2D eigenvalue weighted by Crippen LogP contribution is -2.36. The Bertz CT molecular complexity index is 425. The minimum absolute atomic E-state index is 0.182. The SMILES string of the molecule is Cc1cccc(C(=O)CN(C)CC2CCCCO2)c1. The van der Waals surface area contributed by atoms with Gasteiger partial charge in [-0.3, -0.25) is 9.69 Å². The van der Waals surface area contributed by atoms with E-state index in [0.717, 1.165) is 30.7 Å². The lowest BCUT2D eigenvalue weighted by molar-refractivity contribution is -0.000669. The van der Waals surface area contributed by atoms with Gasteiger partial charge >= 0.3 is 0 Å². The van der Waals surface area contributed by atoms with Crippen LogP contribution in [0, 0.1) is 6.92 Å². The maximum absolute atomic E-state index is 12.2. The number of aryl methyl sites for hydroxylation is 1. The number of likely N-dealkylation sites (N-methyl/N-ethyl adjacent to an activating group) is 1. The predicted octanol–water partition coefficient (Wildman–Crippen LogP) is 2.68. The minimum Gasteiger partial charge on any atom is -0.377 e. The number of carbonyl (C=O) groups is 1. The van der Waals surface area contributed by atoms with Crippen molar-refractivity contribution in [1.29, 1.82) is 0 Å². The van der Waals surface area contributed by atoms with E-state index in [-0.39, 0.29) is 5.78 Å². The molecule has 0 aromatic heterocycles. The second-order valence-electron chi connectivity index (χ2n) is 5.48. The first-order valence-electron chi connectivity index (χ1n) is 7.05. The first kappa shape index (κ1) is 14.2. The van der Waals surface area contributed by atoms with Crippen molar-refractivity contribution in [3.05, 3.63) is 35.4 Å². The molecule has 1 saturated heterocycles. The molecule has 0 amide bonds. The van der Waals surface area contributed by atoms with E-state index in [0.29, 0.717) is 12.6 Å². The van der Waals surface area contributed by atoms with Crippen LogP contribution >= 0.6 is 0 Å². The molecule has 1 aromatic carbocycles. The highest BCUT2D eigenvalue weighted by atomic mass is 16.5. The molecule has 1 aliphatic heterocycles. The third kappa shape index (κ3) is 4.44. The van der Waals surface area contributed by atoms with E-state index in [2.05, 4.69) is 4.90 Å². The van der Waals surface area contributed by atoms with Crippen LogP contribution in [0.4, 0.5) is 0 Å². The summed E-state index contributed by atoms with van der Waals surface area (Å²) in [5, 5.41) is 0. The van der Waals surface area contributed by atoms with E-state index >= 15 is 0 Å². The van der Waals surface area contributed by atoms with Crippen molar-refractivity contribution >= 4 is 5.78 Å². The fraction of sp³-hybridized carbons (Fsp3) is 0.562. The van der Waals surface area contributed by atoms with Gasteiger partial charge in [-0.15, -0.1) is 0 Å². The van der Waals surface area contributed by atoms with Crippen molar-refractivity contribution in [2.75, 3.05) is 26.7 Å². The molecule has 1 heterocycles. The van der Waals surface area contributed by atoms with Gasteiger partial charge < -0.3 is 4.74 Å². The van der Waals surface area contributed by atoms with Gasteiger partial charge in [0.05, 0.1) is 12.6 Å². The van der Waals surface area contributed by atoms with Crippen LogP contribution in [0.2, 0.25) is 0 Å². The molecule has 0 N–H and O–H groups in total. The van der Waals surface area contributed by atoms with Gasteiger partial charge in [-0.2, -0.15) is 0 Å². The van der Waals surface area contributed by atoms with E-state index in [1.807, 2.05) is 38.2 Å². The third-order valence-corrected chi connectivity index (χ3v) is 3.54. The summed E-state index contributed by atoms with van der Waals surface area (Å²) in [4.78, 5) is 14.2. The zero-order valence-electron chi connectivity index (χ0n) is 11.9. The fourth-order valence-electron chi connectivity index (χ4n) is 2.52. The molecule has 19 heavy (non-hydrogen) atoms. The molecule has 0 aliphatic carbocycles. The van der Waals surface area contributed by atoms with Crippen molar-refractivity contribution in [1.82, 2.24) is 4.90 Å². The van der Waals surface area contributed by atoms with E-state index in [9.17, 15) is 4.79 Å². The van der Waals surface area contributed by atoms with Crippen LogP contribution in [0.5, 0.6) is 0 Å². The molecule has 0 spiro atoms. The van der Waals surface area contributed by atoms with Gasteiger partial charge in [-0.25, -0.2) is 0 Å². The summed E-state index contributed by atoms with van der Waals surface area (Å²) in [5.74, 6) is 0.182. The Morgan fingerprint density at radius 3 is 2.95 bits per heavy atom. The maximum Gasteiger partial charge on any atom is 0.176 e. The van der Waals surface area contributed by atoms with E-state index in [1.54, 1.807) is 0 Å². The Hall–Kier alpha value is -1.19.